The largest absolute Gasteiger partial charge is 0.497 e. The Morgan fingerprint density at radius 1 is 0.978 bits per heavy atom. The number of nitrogens with zero attached hydrogens (tertiary/aromatic N) is 3. The van der Waals surface area contributed by atoms with Gasteiger partial charge in [-0.25, -0.2) is 4.99 Å². The van der Waals surface area contributed by atoms with Crippen molar-refractivity contribution in [3.63, 3.8) is 0 Å². The summed E-state index contributed by atoms with van der Waals surface area (Å²) < 4.78 is 10.3. The number of aromatic nitrogens is 2. The molecule has 0 radical (unpaired) electrons. The van der Waals surface area contributed by atoms with Crippen LogP contribution in [0.4, 0.5) is 0 Å². The van der Waals surface area contributed by atoms with Crippen LogP contribution >= 0.6 is 34.5 Å². The van der Waals surface area contributed by atoms with E-state index in [0.717, 1.165) is 63.0 Å². The van der Waals surface area contributed by atoms with Gasteiger partial charge in [-0.05, 0) is 71.5 Å². The maximum atomic E-state index is 14.4. The molecule has 0 bridgehead atoms. The number of methoxy groups -OCH3 is 1. The average Bonchev–Trinajstić information content (AvgIpc) is 3.57. The fourth-order valence-corrected chi connectivity index (χ4v) is 8.09. The van der Waals surface area contributed by atoms with Crippen molar-refractivity contribution in [1.29, 1.82) is 0 Å². The number of benzene rings is 4. The minimum Gasteiger partial charge on any atom is -0.497 e. The highest BCUT2D eigenvalue weighted by atomic mass is 35.5. The summed E-state index contributed by atoms with van der Waals surface area (Å²) in [5.74, 6) is 0.763. The molecule has 45 heavy (non-hydrogen) atoms. The van der Waals surface area contributed by atoms with E-state index in [1.54, 1.807) is 13.2 Å². The molecule has 8 rings (SSSR count). The lowest BCUT2D eigenvalue weighted by atomic mass is 9.83. The number of fused-ring (bicyclic) bond motifs is 4. The van der Waals surface area contributed by atoms with Gasteiger partial charge in [0.15, 0.2) is 4.80 Å². The fourth-order valence-electron chi connectivity index (χ4n) is 6.63. The van der Waals surface area contributed by atoms with Crippen molar-refractivity contribution in [2.45, 2.75) is 25.4 Å². The molecule has 0 fully saturated rings. The molecule has 0 amide bonds. The topological polar surface area (TPSA) is 48.5 Å². The molecular weight excluding hydrogens is 621 g/mol. The molecule has 3 heterocycles. The van der Waals surface area contributed by atoms with Crippen LogP contribution in [0.2, 0.25) is 10.0 Å². The Kier molecular flexibility index (Phi) is 7.01. The summed E-state index contributed by atoms with van der Waals surface area (Å²) in [6.45, 7) is 0.577. The number of ether oxygens (including phenoxy) is 1. The predicted molar refractivity (Wildman–Crippen MR) is 183 cm³/mol. The van der Waals surface area contributed by atoms with Gasteiger partial charge in [-0.15, -0.1) is 0 Å². The first-order valence-electron chi connectivity index (χ1n) is 14.8. The number of para-hydroxylation sites is 1. The molecule has 2 aromatic heterocycles. The Morgan fingerprint density at radius 3 is 2.69 bits per heavy atom. The second-order valence-electron chi connectivity index (χ2n) is 11.4. The molecule has 5 nitrogen and oxygen atoms in total. The van der Waals surface area contributed by atoms with Crippen LogP contribution in [0.1, 0.15) is 40.3 Å². The maximum Gasteiger partial charge on any atom is 0.271 e. The van der Waals surface area contributed by atoms with Crippen LogP contribution < -0.4 is 19.6 Å². The van der Waals surface area contributed by atoms with Gasteiger partial charge in [0, 0.05) is 44.8 Å². The van der Waals surface area contributed by atoms with E-state index in [-0.39, 0.29) is 11.6 Å². The van der Waals surface area contributed by atoms with E-state index in [2.05, 4.69) is 53.2 Å². The molecule has 0 N–H and O–H groups in total. The normalized spacial score (nSPS) is 15.9. The Balaban J connectivity index is 1.31. The Bertz CT molecular complexity index is 2370. The van der Waals surface area contributed by atoms with Crippen molar-refractivity contribution in [2.24, 2.45) is 4.99 Å². The molecule has 1 unspecified atom stereocenters. The highest BCUT2D eigenvalue weighted by Crippen LogP contribution is 2.41. The van der Waals surface area contributed by atoms with Crippen LogP contribution in [0.3, 0.4) is 0 Å². The number of aryl methyl sites for hydroxylation is 1. The average molecular weight is 649 g/mol. The van der Waals surface area contributed by atoms with Gasteiger partial charge in [0.2, 0.25) is 0 Å². The zero-order valence-electron chi connectivity index (χ0n) is 24.3. The van der Waals surface area contributed by atoms with Gasteiger partial charge in [-0.2, -0.15) is 0 Å². The van der Waals surface area contributed by atoms with E-state index >= 15 is 0 Å². The predicted octanol–water partition coefficient (Wildman–Crippen LogP) is 7.64. The molecule has 6 aromatic rings. The summed E-state index contributed by atoms with van der Waals surface area (Å²) in [6, 6.07) is 30.0. The molecule has 222 valence electrons. The third-order valence-corrected chi connectivity index (χ3v) is 10.3. The van der Waals surface area contributed by atoms with E-state index in [1.165, 1.54) is 16.9 Å². The first-order chi connectivity index (χ1) is 22.0. The maximum absolute atomic E-state index is 14.4. The summed E-state index contributed by atoms with van der Waals surface area (Å²) >= 11 is 14.1. The first kappa shape index (κ1) is 28.1. The summed E-state index contributed by atoms with van der Waals surface area (Å²) in [5.41, 5.74) is 8.54. The van der Waals surface area contributed by atoms with Crippen molar-refractivity contribution >= 4 is 57.2 Å². The lowest BCUT2D eigenvalue weighted by molar-refractivity contribution is 0.413. The van der Waals surface area contributed by atoms with Crippen LogP contribution in [-0.4, -0.2) is 16.2 Å². The second kappa shape index (κ2) is 11.2. The van der Waals surface area contributed by atoms with E-state index in [1.807, 2.05) is 53.1 Å². The molecule has 1 aliphatic heterocycles. The Hall–Kier alpha value is -4.36. The summed E-state index contributed by atoms with van der Waals surface area (Å²) in [7, 11) is 1.67. The molecule has 0 saturated heterocycles. The lowest BCUT2D eigenvalue weighted by Gasteiger charge is -2.31. The quantitative estimate of drug-likeness (QED) is 0.193. The minimum absolute atomic E-state index is 0.0467. The third kappa shape index (κ3) is 4.85. The monoisotopic (exact) mass is 647 g/mol. The molecular formula is C37H27Cl2N3O2S. The Labute approximate surface area is 273 Å². The number of allylic oxidation sites excluding steroid dienone is 1. The van der Waals surface area contributed by atoms with Crippen LogP contribution in [0.15, 0.2) is 113 Å². The molecule has 8 heteroatoms. The first-order valence-corrected chi connectivity index (χ1v) is 16.3. The van der Waals surface area contributed by atoms with E-state index in [4.69, 9.17) is 32.9 Å². The fraction of sp³-hybridized carbons (Fsp3) is 0.135. The number of hydrogen-bond acceptors (Lipinski definition) is 4. The van der Waals surface area contributed by atoms with Crippen molar-refractivity contribution in [1.82, 2.24) is 9.13 Å². The van der Waals surface area contributed by atoms with Gasteiger partial charge in [0.05, 0.1) is 23.4 Å². The molecule has 0 spiro atoms. The second-order valence-corrected chi connectivity index (χ2v) is 13.2. The van der Waals surface area contributed by atoms with Gasteiger partial charge >= 0.3 is 0 Å². The molecule has 0 saturated carbocycles. The van der Waals surface area contributed by atoms with Gasteiger partial charge < -0.3 is 9.30 Å². The van der Waals surface area contributed by atoms with E-state index in [9.17, 15) is 4.79 Å². The minimum atomic E-state index is -0.268. The van der Waals surface area contributed by atoms with Crippen LogP contribution in [0.5, 0.6) is 5.75 Å². The van der Waals surface area contributed by atoms with Crippen molar-refractivity contribution < 1.29 is 4.74 Å². The number of thiazole rings is 1. The number of halogens is 2. The van der Waals surface area contributed by atoms with Gasteiger partial charge in [-0.1, -0.05) is 95.2 Å². The van der Waals surface area contributed by atoms with Crippen LogP contribution in [-0.2, 0) is 13.0 Å². The third-order valence-electron chi connectivity index (χ3n) is 8.74. The van der Waals surface area contributed by atoms with Gasteiger partial charge in [-0.3, -0.25) is 9.36 Å². The van der Waals surface area contributed by atoms with Gasteiger partial charge in [0.25, 0.3) is 5.56 Å². The number of hydrogen-bond donors (Lipinski definition) is 0. The summed E-state index contributed by atoms with van der Waals surface area (Å²) in [5, 5.41) is 2.29. The summed E-state index contributed by atoms with van der Waals surface area (Å²) in [4.78, 5) is 20.2. The molecule has 1 aliphatic carbocycles. The smallest absolute Gasteiger partial charge is 0.271 e. The zero-order valence-corrected chi connectivity index (χ0v) is 26.7. The van der Waals surface area contributed by atoms with Crippen LogP contribution in [0.25, 0.3) is 22.7 Å². The van der Waals surface area contributed by atoms with Crippen molar-refractivity contribution in [3.05, 3.63) is 160 Å². The highest BCUT2D eigenvalue weighted by molar-refractivity contribution is 7.07. The van der Waals surface area contributed by atoms with Crippen LogP contribution in [0, 0.1) is 0 Å². The molecule has 1 atom stereocenters. The summed E-state index contributed by atoms with van der Waals surface area (Å²) in [6.07, 6.45) is 5.84. The van der Waals surface area contributed by atoms with E-state index < -0.39 is 0 Å². The SMILES string of the molecule is COc1cccc(C2C3=C(N=c4sc(=Cc5cn(Cc6ccc(Cl)cc6Cl)c6ccccc56)c(=O)n42)c2ccccc2CC3)c1. The van der Waals surface area contributed by atoms with Crippen molar-refractivity contribution in [2.75, 3.05) is 7.11 Å². The Morgan fingerprint density at radius 2 is 1.82 bits per heavy atom. The van der Waals surface area contributed by atoms with E-state index in [0.29, 0.717) is 25.9 Å². The molecule has 4 aromatic carbocycles. The zero-order chi connectivity index (χ0) is 30.7. The van der Waals surface area contributed by atoms with Crippen molar-refractivity contribution in [3.8, 4) is 5.75 Å². The molecule has 2 aliphatic rings. The highest BCUT2D eigenvalue weighted by Gasteiger charge is 2.32. The number of rotatable bonds is 5. The van der Waals surface area contributed by atoms with Gasteiger partial charge in [0.1, 0.15) is 5.75 Å². The standard InChI is InChI=1S/C37H27Cl2N3O2S/c1-44-27-9-6-8-23(17-27)35-30-16-14-22-7-2-3-11-29(22)34(30)40-37-42(35)36(43)33(45-37)18-25-21-41(32-12-5-4-10-28(25)32)20-24-13-15-26(38)19-31(24)39/h2-13,15,17-19,21,35H,14,16,20H2,1H3. The lowest BCUT2D eigenvalue weighted by Crippen LogP contribution is -2.38.